The van der Waals surface area contributed by atoms with E-state index in [1.807, 2.05) is 13.8 Å². The largest absolute Gasteiger partial charge is 0.494 e. The van der Waals surface area contributed by atoms with Crippen LogP contribution in [0.25, 0.3) is 0 Å². The van der Waals surface area contributed by atoms with Crippen LogP contribution in [0.2, 0.25) is 0 Å². The molecule has 30 heavy (non-hydrogen) atoms. The molecule has 1 aromatic carbocycles. The van der Waals surface area contributed by atoms with Crippen molar-refractivity contribution < 1.29 is 9.53 Å². The molecule has 12 heteroatoms. The number of amidine groups is 1. The number of para-hydroxylation sites is 1. The Morgan fingerprint density at radius 1 is 1.27 bits per heavy atom. The lowest BCUT2D eigenvalue weighted by molar-refractivity contribution is 0.0955. The maximum atomic E-state index is 12.4. The predicted molar refractivity (Wildman–Crippen MR) is 119 cm³/mol. The van der Waals surface area contributed by atoms with Gasteiger partial charge in [0.05, 0.1) is 18.4 Å². The second kappa shape index (κ2) is 12.7. The van der Waals surface area contributed by atoms with Crippen molar-refractivity contribution in [3.8, 4) is 5.75 Å². The topological polar surface area (TPSA) is 191 Å². The zero-order chi connectivity index (χ0) is 22.5. The molecule has 164 valence electrons. The molecule has 0 spiro atoms. The monoisotopic (exact) mass is 418 g/mol. The Kier molecular flexibility index (Phi) is 10.4. The molecule has 0 aliphatic rings. The van der Waals surface area contributed by atoms with E-state index in [1.165, 1.54) is 13.3 Å². The number of ether oxygens (including phenoxy) is 1. The first-order valence-electron chi connectivity index (χ1n) is 9.31. The van der Waals surface area contributed by atoms with Gasteiger partial charge >= 0.3 is 0 Å². The maximum Gasteiger partial charge on any atom is 0.256 e. The third-order valence-electron chi connectivity index (χ3n) is 3.68. The summed E-state index contributed by atoms with van der Waals surface area (Å²) >= 11 is 0. The van der Waals surface area contributed by atoms with Gasteiger partial charge in [0.1, 0.15) is 11.4 Å². The van der Waals surface area contributed by atoms with Crippen molar-refractivity contribution in [3.63, 3.8) is 0 Å². The normalized spacial score (nSPS) is 10.4. The lowest BCUT2D eigenvalue weighted by Crippen LogP contribution is -2.32. The minimum Gasteiger partial charge on any atom is -0.494 e. The van der Waals surface area contributed by atoms with Gasteiger partial charge in [-0.25, -0.2) is 10.8 Å². The van der Waals surface area contributed by atoms with Crippen molar-refractivity contribution in [2.24, 2.45) is 22.5 Å². The number of carbonyl (C=O) groups excluding carboxylic acids is 1. The molecule has 0 saturated carbocycles. The number of nitrogens with zero attached hydrogens (tertiary/aromatic N) is 3. The molecule has 12 nitrogen and oxygen atoms in total. The van der Waals surface area contributed by atoms with Crippen molar-refractivity contribution in [1.82, 2.24) is 20.7 Å². The van der Waals surface area contributed by atoms with Crippen LogP contribution < -0.4 is 43.5 Å². The standard InChI is InChI=1S/C16H24N10O2.C2H6/c1-20-16-22-8-10(15(27)21-7-6-17)13(24-16)23-11-5-3-4-9(12(11)28-2)14(25-18)26-19;1-2/h3-5,8H,6-7,17-19H2,1-2H3,(H,21,27)(H,25,26)(H2,20,22,23,24);1-2H3. The maximum absolute atomic E-state index is 12.4. The molecule has 0 aliphatic carbocycles. The number of hydrogen-bond acceptors (Lipinski definition) is 10. The van der Waals surface area contributed by atoms with Gasteiger partial charge in [0.25, 0.3) is 5.91 Å². The first-order chi connectivity index (χ1) is 14.6. The van der Waals surface area contributed by atoms with Crippen LogP contribution in [-0.4, -0.2) is 49.0 Å². The molecule has 0 unspecified atom stereocenters. The molecule has 0 fully saturated rings. The summed E-state index contributed by atoms with van der Waals surface area (Å²) in [6, 6.07) is 5.22. The van der Waals surface area contributed by atoms with Crippen LogP contribution in [0.5, 0.6) is 5.75 Å². The molecule has 1 amide bonds. The minimum absolute atomic E-state index is 0.222. The van der Waals surface area contributed by atoms with E-state index >= 15 is 0 Å². The molecular formula is C18H30N10O2. The second-order valence-corrected chi connectivity index (χ2v) is 5.38. The number of hydrogen-bond donors (Lipinski definition) is 7. The van der Waals surface area contributed by atoms with E-state index in [1.54, 1.807) is 25.2 Å². The predicted octanol–water partition coefficient (Wildman–Crippen LogP) is 0.0688. The van der Waals surface area contributed by atoms with Gasteiger partial charge in [0.2, 0.25) is 5.95 Å². The zero-order valence-electron chi connectivity index (χ0n) is 17.6. The van der Waals surface area contributed by atoms with Crippen molar-refractivity contribution in [3.05, 3.63) is 35.5 Å². The lowest BCUT2D eigenvalue weighted by atomic mass is 10.1. The Balaban J connectivity index is 0.00000218. The Labute approximate surface area is 175 Å². The Morgan fingerprint density at radius 2 is 2.00 bits per heavy atom. The second-order valence-electron chi connectivity index (χ2n) is 5.38. The van der Waals surface area contributed by atoms with Crippen LogP contribution >= 0.6 is 0 Å². The summed E-state index contributed by atoms with van der Waals surface area (Å²) in [5.74, 6) is 11.7. The smallest absolute Gasteiger partial charge is 0.256 e. The Bertz CT molecular complexity index is 857. The number of aromatic nitrogens is 2. The fraction of sp³-hybridized carbons (Fsp3) is 0.333. The van der Waals surface area contributed by atoms with Crippen LogP contribution in [0, 0.1) is 0 Å². The summed E-state index contributed by atoms with van der Waals surface area (Å²) < 4.78 is 5.48. The molecular weight excluding hydrogens is 388 g/mol. The quantitative estimate of drug-likeness (QED) is 0.134. The molecule has 0 bridgehead atoms. The fourth-order valence-electron chi connectivity index (χ4n) is 2.40. The van der Waals surface area contributed by atoms with Gasteiger partial charge in [-0.3, -0.25) is 4.79 Å². The average molecular weight is 419 g/mol. The van der Waals surface area contributed by atoms with E-state index in [4.69, 9.17) is 22.2 Å². The number of benzene rings is 1. The van der Waals surface area contributed by atoms with Gasteiger partial charge in [0.15, 0.2) is 11.6 Å². The third-order valence-corrected chi connectivity index (χ3v) is 3.68. The molecule has 1 aromatic heterocycles. The van der Waals surface area contributed by atoms with E-state index in [2.05, 4.69) is 36.4 Å². The van der Waals surface area contributed by atoms with Gasteiger partial charge in [-0.2, -0.15) is 10.1 Å². The summed E-state index contributed by atoms with van der Waals surface area (Å²) in [7, 11) is 3.16. The Hall–Kier alpha value is -3.64. The van der Waals surface area contributed by atoms with Crippen LogP contribution in [-0.2, 0) is 0 Å². The van der Waals surface area contributed by atoms with Crippen molar-refractivity contribution >= 4 is 29.2 Å². The fourth-order valence-corrected chi connectivity index (χ4v) is 2.40. The number of anilines is 3. The van der Waals surface area contributed by atoms with E-state index in [0.717, 1.165) is 0 Å². The highest BCUT2D eigenvalue weighted by Crippen LogP contribution is 2.32. The number of rotatable bonds is 8. The molecule has 0 atom stereocenters. The molecule has 2 rings (SSSR count). The summed E-state index contributed by atoms with van der Waals surface area (Å²) in [4.78, 5) is 20.9. The number of hydrazone groups is 1. The van der Waals surface area contributed by atoms with E-state index in [9.17, 15) is 4.79 Å². The van der Waals surface area contributed by atoms with Crippen molar-refractivity contribution in [2.45, 2.75) is 13.8 Å². The van der Waals surface area contributed by atoms with Gasteiger partial charge in [0, 0.05) is 26.3 Å². The molecule has 2 aromatic rings. The van der Waals surface area contributed by atoms with E-state index < -0.39 is 0 Å². The zero-order valence-corrected chi connectivity index (χ0v) is 17.6. The molecule has 0 saturated heterocycles. The number of hydrazine groups is 1. The van der Waals surface area contributed by atoms with Crippen molar-refractivity contribution in [1.29, 1.82) is 0 Å². The van der Waals surface area contributed by atoms with Crippen LogP contribution in [0.1, 0.15) is 29.8 Å². The van der Waals surface area contributed by atoms with E-state index in [-0.39, 0.29) is 23.1 Å². The van der Waals surface area contributed by atoms with Gasteiger partial charge in [-0.15, -0.1) is 0 Å². The number of methoxy groups -OCH3 is 1. The number of nitrogens with one attached hydrogen (secondary N) is 4. The highest BCUT2D eigenvalue weighted by Gasteiger charge is 2.18. The third kappa shape index (κ3) is 5.93. The number of carbonyl (C=O) groups is 1. The summed E-state index contributed by atoms with van der Waals surface area (Å²) in [6.07, 6.45) is 1.41. The molecule has 1 heterocycles. The summed E-state index contributed by atoms with van der Waals surface area (Å²) in [6.45, 7) is 4.64. The van der Waals surface area contributed by atoms with Crippen LogP contribution in [0.15, 0.2) is 29.5 Å². The van der Waals surface area contributed by atoms with Gasteiger partial charge in [-0.05, 0) is 12.1 Å². The first-order valence-corrected chi connectivity index (χ1v) is 9.31. The first kappa shape index (κ1) is 24.4. The van der Waals surface area contributed by atoms with Gasteiger partial charge < -0.3 is 37.7 Å². The highest BCUT2D eigenvalue weighted by atomic mass is 16.5. The Morgan fingerprint density at radius 3 is 2.57 bits per heavy atom. The summed E-state index contributed by atoms with van der Waals surface area (Å²) in [5.41, 5.74) is 9.14. The highest BCUT2D eigenvalue weighted by molar-refractivity contribution is 6.03. The minimum atomic E-state index is -0.362. The SMILES string of the molecule is CC.CNc1ncc(C(=O)NCCN)c(Nc2cccc(/C(=N/N)NN)c2OC)n1. The lowest BCUT2D eigenvalue weighted by Gasteiger charge is -2.17. The molecule has 0 radical (unpaired) electrons. The van der Waals surface area contributed by atoms with Crippen LogP contribution in [0.4, 0.5) is 17.5 Å². The van der Waals surface area contributed by atoms with Gasteiger partial charge in [-0.1, -0.05) is 19.9 Å². The molecule has 0 aliphatic heterocycles. The average Bonchev–Trinajstić information content (AvgIpc) is 2.79. The number of nitrogens with two attached hydrogens (primary N) is 3. The van der Waals surface area contributed by atoms with Crippen molar-refractivity contribution in [2.75, 3.05) is 37.9 Å². The molecule has 10 N–H and O–H groups in total. The van der Waals surface area contributed by atoms with Crippen LogP contribution in [0.3, 0.4) is 0 Å². The summed E-state index contributed by atoms with van der Waals surface area (Å²) in [5, 5.41) is 12.2. The van der Waals surface area contributed by atoms with E-state index in [0.29, 0.717) is 36.0 Å². The number of amides is 1.